The van der Waals surface area contributed by atoms with E-state index in [4.69, 9.17) is 0 Å². The number of likely N-dealkylation sites (tertiary alicyclic amines) is 1. The van der Waals surface area contributed by atoms with Crippen LogP contribution < -0.4 is 5.32 Å². The fourth-order valence-electron chi connectivity index (χ4n) is 2.27. The Balaban J connectivity index is 1.93. The lowest BCUT2D eigenvalue weighted by molar-refractivity contribution is -0.127. The van der Waals surface area contributed by atoms with Crippen LogP contribution in [0.3, 0.4) is 0 Å². The Morgan fingerprint density at radius 3 is 2.68 bits per heavy atom. The zero-order valence-electron chi connectivity index (χ0n) is 11.1. The summed E-state index contributed by atoms with van der Waals surface area (Å²) >= 11 is 2.28. The molecule has 0 atom stereocenters. The van der Waals surface area contributed by atoms with Gasteiger partial charge in [-0.05, 0) is 60.2 Å². The van der Waals surface area contributed by atoms with Gasteiger partial charge < -0.3 is 10.2 Å². The van der Waals surface area contributed by atoms with Gasteiger partial charge in [-0.25, -0.2) is 0 Å². The molecule has 1 saturated heterocycles. The maximum atomic E-state index is 12.1. The lowest BCUT2D eigenvalue weighted by Gasteiger charge is -2.31. The molecule has 0 radical (unpaired) electrons. The van der Waals surface area contributed by atoms with Crippen molar-refractivity contribution in [2.24, 2.45) is 0 Å². The van der Waals surface area contributed by atoms with Crippen LogP contribution in [-0.2, 0) is 4.79 Å². The smallest absolute Gasteiger partial charge is 0.246 e. The molecule has 1 aliphatic heterocycles. The second-order valence-electron chi connectivity index (χ2n) is 4.74. The summed E-state index contributed by atoms with van der Waals surface area (Å²) in [5, 5.41) is 3.27. The predicted molar refractivity (Wildman–Crippen MR) is 86.9 cm³/mol. The van der Waals surface area contributed by atoms with E-state index in [1.165, 1.54) is 0 Å². The summed E-state index contributed by atoms with van der Waals surface area (Å²) in [5.41, 5.74) is 1.10. The van der Waals surface area contributed by atoms with Gasteiger partial charge in [0.05, 0.1) is 0 Å². The van der Waals surface area contributed by atoms with Crippen LogP contribution in [0.25, 0.3) is 6.08 Å². The van der Waals surface area contributed by atoms with Gasteiger partial charge >= 0.3 is 0 Å². The Bertz CT molecular complexity index is 465. The monoisotopic (exact) mass is 370 g/mol. The van der Waals surface area contributed by atoms with E-state index in [1.807, 2.05) is 42.3 Å². The molecule has 1 fully saturated rings. The van der Waals surface area contributed by atoms with Crippen LogP contribution in [-0.4, -0.2) is 37.0 Å². The van der Waals surface area contributed by atoms with E-state index < -0.39 is 0 Å². The largest absolute Gasteiger partial charge is 0.339 e. The van der Waals surface area contributed by atoms with Gasteiger partial charge in [0, 0.05) is 28.8 Å². The minimum absolute atomic E-state index is 0.120. The summed E-state index contributed by atoms with van der Waals surface area (Å²) in [4.78, 5) is 14.0. The van der Waals surface area contributed by atoms with Crippen molar-refractivity contribution in [3.63, 3.8) is 0 Å². The standard InChI is InChI=1S/C15H19IN2O/c1-17-13-8-10-18(11-9-13)15(19)7-6-12-4-2-3-5-14(12)16/h2-7,13,17H,8-11H2,1H3/b7-6+. The fraction of sp³-hybridized carbons (Fsp3) is 0.400. The van der Waals surface area contributed by atoms with E-state index in [1.54, 1.807) is 6.08 Å². The molecule has 0 aliphatic carbocycles. The third-order valence-corrected chi connectivity index (χ3v) is 4.51. The van der Waals surface area contributed by atoms with E-state index in [-0.39, 0.29) is 5.91 Å². The molecule has 1 aromatic rings. The van der Waals surface area contributed by atoms with Crippen LogP contribution in [0.4, 0.5) is 0 Å². The first kappa shape index (κ1) is 14.5. The number of rotatable bonds is 3. The van der Waals surface area contributed by atoms with Gasteiger partial charge in [0.2, 0.25) is 5.91 Å². The Morgan fingerprint density at radius 2 is 2.05 bits per heavy atom. The van der Waals surface area contributed by atoms with Crippen molar-refractivity contribution in [1.82, 2.24) is 10.2 Å². The molecule has 4 heteroatoms. The van der Waals surface area contributed by atoms with Crippen molar-refractivity contribution in [3.05, 3.63) is 39.5 Å². The summed E-state index contributed by atoms with van der Waals surface area (Å²) in [5.74, 6) is 0.120. The molecule has 1 aromatic carbocycles. The molecule has 0 spiro atoms. The topological polar surface area (TPSA) is 32.3 Å². The Hall–Kier alpha value is -0.880. The Morgan fingerprint density at radius 1 is 1.37 bits per heavy atom. The van der Waals surface area contributed by atoms with Crippen LogP contribution in [0.15, 0.2) is 30.3 Å². The number of nitrogens with zero attached hydrogens (tertiary/aromatic N) is 1. The first-order valence-electron chi connectivity index (χ1n) is 6.59. The second-order valence-corrected chi connectivity index (χ2v) is 5.91. The SMILES string of the molecule is CNC1CCN(C(=O)/C=C/c2ccccc2I)CC1. The van der Waals surface area contributed by atoms with Crippen LogP contribution in [0.5, 0.6) is 0 Å². The zero-order valence-corrected chi connectivity index (χ0v) is 13.3. The number of hydrogen-bond acceptors (Lipinski definition) is 2. The van der Waals surface area contributed by atoms with Gasteiger partial charge in [0.15, 0.2) is 0 Å². The van der Waals surface area contributed by atoms with Crippen molar-refractivity contribution >= 4 is 34.6 Å². The Kier molecular flexibility index (Phi) is 5.39. The summed E-state index contributed by atoms with van der Waals surface area (Å²) in [6, 6.07) is 8.62. The molecule has 1 N–H and O–H groups in total. The minimum Gasteiger partial charge on any atom is -0.339 e. The average molecular weight is 370 g/mol. The summed E-state index contributed by atoms with van der Waals surface area (Å²) < 4.78 is 1.16. The molecule has 102 valence electrons. The number of piperidine rings is 1. The van der Waals surface area contributed by atoms with Crippen molar-refractivity contribution in [2.75, 3.05) is 20.1 Å². The van der Waals surface area contributed by atoms with Crippen molar-refractivity contribution in [1.29, 1.82) is 0 Å². The first-order valence-corrected chi connectivity index (χ1v) is 7.67. The second kappa shape index (κ2) is 7.05. The van der Waals surface area contributed by atoms with E-state index in [9.17, 15) is 4.79 Å². The van der Waals surface area contributed by atoms with Gasteiger partial charge in [-0.1, -0.05) is 18.2 Å². The molecular weight excluding hydrogens is 351 g/mol. The van der Waals surface area contributed by atoms with Gasteiger partial charge in [-0.2, -0.15) is 0 Å². The number of nitrogens with one attached hydrogen (secondary N) is 1. The molecule has 1 heterocycles. The summed E-state index contributed by atoms with van der Waals surface area (Å²) in [6.07, 6.45) is 5.68. The quantitative estimate of drug-likeness (QED) is 0.655. The van der Waals surface area contributed by atoms with Crippen LogP contribution in [0.2, 0.25) is 0 Å². The number of carbonyl (C=O) groups excluding carboxylic acids is 1. The fourth-order valence-corrected chi connectivity index (χ4v) is 2.83. The van der Waals surface area contributed by atoms with Gasteiger partial charge in [0.25, 0.3) is 0 Å². The molecule has 1 amide bonds. The lowest BCUT2D eigenvalue weighted by Crippen LogP contribution is -2.43. The van der Waals surface area contributed by atoms with E-state index >= 15 is 0 Å². The number of halogens is 1. The third kappa shape index (κ3) is 4.04. The first-order chi connectivity index (χ1) is 9.20. The van der Waals surface area contributed by atoms with Gasteiger partial charge in [0.1, 0.15) is 0 Å². The highest BCUT2D eigenvalue weighted by Crippen LogP contribution is 2.14. The molecule has 2 rings (SSSR count). The van der Waals surface area contributed by atoms with Crippen molar-refractivity contribution < 1.29 is 4.79 Å². The highest BCUT2D eigenvalue weighted by molar-refractivity contribution is 14.1. The van der Waals surface area contributed by atoms with E-state index in [2.05, 4.69) is 27.9 Å². The predicted octanol–water partition coefficient (Wildman–Crippen LogP) is 2.51. The average Bonchev–Trinajstić information content (AvgIpc) is 2.46. The lowest BCUT2D eigenvalue weighted by atomic mass is 10.1. The molecule has 0 aromatic heterocycles. The molecule has 3 nitrogen and oxygen atoms in total. The minimum atomic E-state index is 0.120. The number of benzene rings is 1. The highest BCUT2D eigenvalue weighted by atomic mass is 127. The van der Waals surface area contributed by atoms with Crippen LogP contribution in [0.1, 0.15) is 18.4 Å². The third-order valence-electron chi connectivity index (χ3n) is 3.53. The molecule has 0 unspecified atom stereocenters. The summed E-state index contributed by atoms with van der Waals surface area (Å²) in [7, 11) is 1.99. The molecule has 0 bridgehead atoms. The molecular formula is C15H19IN2O. The van der Waals surface area contributed by atoms with Crippen LogP contribution in [0, 0.1) is 3.57 Å². The normalized spacial score (nSPS) is 17.1. The van der Waals surface area contributed by atoms with E-state index in [0.717, 1.165) is 35.1 Å². The van der Waals surface area contributed by atoms with Crippen LogP contribution >= 0.6 is 22.6 Å². The maximum absolute atomic E-state index is 12.1. The van der Waals surface area contributed by atoms with Gasteiger partial charge in [-0.3, -0.25) is 4.79 Å². The van der Waals surface area contributed by atoms with E-state index in [0.29, 0.717) is 6.04 Å². The summed E-state index contributed by atoms with van der Waals surface area (Å²) in [6.45, 7) is 1.70. The molecule has 1 aliphatic rings. The van der Waals surface area contributed by atoms with Gasteiger partial charge in [-0.15, -0.1) is 0 Å². The maximum Gasteiger partial charge on any atom is 0.246 e. The Labute approximate surface area is 128 Å². The number of hydrogen-bond donors (Lipinski definition) is 1. The molecule has 0 saturated carbocycles. The van der Waals surface area contributed by atoms with Crippen molar-refractivity contribution in [3.8, 4) is 0 Å². The highest BCUT2D eigenvalue weighted by Gasteiger charge is 2.19. The number of amides is 1. The molecule has 19 heavy (non-hydrogen) atoms. The number of carbonyl (C=O) groups is 1. The zero-order chi connectivity index (χ0) is 13.7. The van der Waals surface area contributed by atoms with Crippen molar-refractivity contribution in [2.45, 2.75) is 18.9 Å².